The minimum atomic E-state index is -0.674. The number of amides is 1. The van der Waals surface area contributed by atoms with Crippen molar-refractivity contribution in [3.63, 3.8) is 0 Å². The number of hydrogen-bond donors (Lipinski definition) is 3. The summed E-state index contributed by atoms with van der Waals surface area (Å²) in [6.45, 7) is 4.95. The maximum Gasteiger partial charge on any atom is 0.305 e. The van der Waals surface area contributed by atoms with Crippen molar-refractivity contribution in [2.24, 2.45) is 0 Å². The summed E-state index contributed by atoms with van der Waals surface area (Å²) in [5, 5.41) is 23.3. The first kappa shape index (κ1) is 63.6. The van der Waals surface area contributed by atoms with Gasteiger partial charge in [-0.3, -0.25) is 9.59 Å². The summed E-state index contributed by atoms with van der Waals surface area (Å²) in [5.74, 6) is -0.0483. The van der Waals surface area contributed by atoms with Crippen molar-refractivity contribution in [3.8, 4) is 0 Å². The molecule has 0 aliphatic carbocycles. The second-order valence-electron chi connectivity index (χ2n) is 20.3. The lowest BCUT2D eigenvalue weighted by Gasteiger charge is -2.22. The van der Waals surface area contributed by atoms with E-state index >= 15 is 0 Å². The molecule has 2 atom stereocenters. The number of aliphatic hydroxyl groups is 2. The molecule has 386 valence electrons. The van der Waals surface area contributed by atoms with Crippen molar-refractivity contribution in [1.29, 1.82) is 0 Å². The standard InChI is InChI=1S/C59H115NO5/c1-3-5-7-9-11-13-15-17-19-23-27-31-35-39-43-47-51-57(62)56(55-61)60-58(63)52-48-44-40-36-32-28-24-21-22-26-30-34-38-42-46-50-54-65-59(64)53-49-45-41-37-33-29-25-20-18-16-14-12-10-8-6-4-2/h21,24,56-57,61-62H,3-20,22-23,25-55H2,1-2H3,(H,60,63)/b24-21-. The number of aliphatic hydroxyl groups excluding tert-OH is 2. The van der Waals surface area contributed by atoms with Crippen LogP contribution in [0.5, 0.6) is 0 Å². The Morgan fingerprint density at radius 1 is 0.415 bits per heavy atom. The highest BCUT2D eigenvalue weighted by Crippen LogP contribution is 2.17. The average molecular weight is 919 g/mol. The topological polar surface area (TPSA) is 95.9 Å². The number of esters is 1. The first-order chi connectivity index (χ1) is 32.0. The zero-order chi connectivity index (χ0) is 47.2. The molecule has 2 unspecified atom stereocenters. The molecule has 3 N–H and O–H groups in total. The Morgan fingerprint density at radius 3 is 1.09 bits per heavy atom. The minimum Gasteiger partial charge on any atom is -0.466 e. The third-order valence-electron chi connectivity index (χ3n) is 13.8. The lowest BCUT2D eigenvalue weighted by atomic mass is 10.0. The number of rotatable bonds is 55. The Bertz CT molecular complexity index is 970. The van der Waals surface area contributed by atoms with Crippen LogP contribution in [0.1, 0.15) is 328 Å². The van der Waals surface area contributed by atoms with E-state index in [1.165, 1.54) is 231 Å². The lowest BCUT2D eigenvalue weighted by Crippen LogP contribution is -2.45. The molecule has 0 spiro atoms. The summed E-state index contributed by atoms with van der Waals surface area (Å²) in [6.07, 6.45) is 64.9. The number of nitrogens with one attached hydrogen (secondary N) is 1. The van der Waals surface area contributed by atoms with Gasteiger partial charge in [-0.15, -0.1) is 0 Å². The Morgan fingerprint density at radius 2 is 0.723 bits per heavy atom. The van der Waals surface area contributed by atoms with Gasteiger partial charge in [0.1, 0.15) is 0 Å². The molecular weight excluding hydrogens is 803 g/mol. The van der Waals surface area contributed by atoms with Gasteiger partial charge < -0.3 is 20.3 Å². The van der Waals surface area contributed by atoms with Crippen molar-refractivity contribution >= 4 is 11.9 Å². The van der Waals surface area contributed by atoms with E-state index in [-0.39, 0.29) is 18.5 Å². The van der Waals surface area contributed by atoms with Gasteiger partial charge in [-0.25, -0.2) is 0 Å². The number of ether oxygens (including phenoxy) is 1. The molecule has 6 nitrogen and oxygen atoms in total. The van der Waals surface area contributed by atoms with Crippen molar-refractivity contribution in [1.82, 2.24) is 5.32 Å². The third-order valence-corrected chi connectivity index (χ3v) is 13.8. The third kappa shape index (κ3) is 51.8. The Labute approximate surface area is 406 Å². The van der Waals surface area contributed by atoms with Gasteiger partial charge in [0.25, 0.3) is 0 Å². The van der Waals surface area contributed by atoms with E-state index < -0.39 is 12.1 Å². The second kappa shape index (κ2) is 55.2. The molecule has 0 saturated heterocycles. The van der Waals surface area contributed by atoms with E-state index in [0.29, 0.717) is 25.9 Å². The normalized spacial score (nSPS) is 12.6. The fraction of sp³-hybridized carbons (Fsp3) is 0.932. The molecule has 1 amide bonds. The summed E-state index contributed by atoms with van der Waals surface area (Å²) < 4.78 is 5.48. The fourth-order valence-corrected chi connectivity index (χ4v) is 9.28. The van der Waals surface area contributed by atoms with Gasteiger partial charge in [0.15, 0.2) is 0 Å². The van der Waals surface area contributed by atoms with Crippen molar-refractivity contribution in [2.75, 3.05) is 13.2 Å². The number of carbonyl (C=O) groups excluding carboxylic acids is 2. The monoisotopic (exact) mass is 918 g/mol. The first-order valence-corrected chi connectivity index (χ1v) is 29.4. The van der Waals surface area contributed by atoms with E-state index in [1.807, 2.05) is 0 Å². The van der Waals surface area contributed by atoms with Gasteiger partial charge >= 0.3 is 5.97 Å². The van der Waals surface area contributed by atoms with Crippen LogP contribution in [0.2, 0.25) is 0 Å². The molecule has 0 radical (unpaired) electrons. The highest BCUT2D eigenvalue weighted by Gasteiger charge is 2.20. The Kier molecular flexibility index (Phi) is 54.0. The molecule has 0 aromatic rings. The molecule has 0 rings (SSSR count). The van der Waals surface area contributed by atoms with Crippen LogP contribution < -0.4 is 5.32 Å². The number of unbranched alkanes of at least 4 members (excludes halogenated alkanes) is 42. The zero-order valence-electron chi connectivity index (χ0n) is 44.0. The predicted octanol–water partition coefficient (Wildman–Crippen LogP) is 18.1. The Balaban J connectivity index is 3.44. The maximum absolute atomic E-state index is 12.5. The molecular formula is C59H115NO5. The van der Waals surface area contributed by atoms with E-state index in [2.05, 4.69) is 31.3 Å². The van der Waals surface area contributed by atoms with Crippen LogP contribution in [0.4, 0.5) is 0 Å². The molecule has 0 aliphatic rings. The minimum absolute atomic E-state index is 0.00131. The first-order valence-electron chi connectivity index (χ1n) is 29.4. The molecule has 6 heteroatoms. The van der Waals surface area contributed by atoms with Gasteiger partial charge in [0.2, 0.25) is 5.91 Å². The van der Waals surface area contributed by atoms with Gasteiger partial charge in [0, 0.05) is 12.8 Å². The van der Waals surface area contributed by atoms with Crippen molar-refractivity contribution < 1.29 is 24.5 Å². The molecule has 0 bridgehead atoms. The van der Waals surface area contributed by atoms with Gasteiger partial charge in [0.05, 0.1) is 25.4 Å². The number of allylic oxidation sites excluding steroid dienone is 2. The lowest BCUT2D eigenvalue weighted by molar-refractivity contribution is -0.143. The van der Waals surface area contributed by atoms with E-state index in [9.17, 15) is 19.8 Å². The summed E-state index contributed by atoms with van der Waals surface area (Å²) in [5.41, 5.74) is 0. The van der Waals surface area contributed by atoms with Gasteiger partial charge in [-0.2, -0.15) is 0 Å². The van der Waals surface area contributed by atoms with E-state index in [1.54, 1.807) is 0 Å². The Hall–Kier alpha value is -1.40. The van der Waals surface area contributed by atoms with Crippen molar-refractivity contribution in [2.45, 2.75) is 341 Å². The molecule has 0 saturated carbocycles. The van der Waals surface area contributed by atoms with Crippen LogP contribution in [-0.4, -0.2) is 47.4 Å². The van der Waals surface area contributed by atoms with E-state index in [4.69, 9.17) is 4.74 Å². The SMILES string of the molecule is CCCCCCCCCCCCCCCCCCC(=O)OCCCCCCCCC/C=C\CCCCCCCC(=O)NC(CO)C(O)CCCCCCCCCCCCCCCCCC. The zero-order valence-corrected chi connectivity index (χ0v) is 44.0. The van der Waals surface area contributed by atoms with Gasteiger partial charge in [-0.1, -0.05) is 276 Å². The number of carbonyl (C=O) groups is 2. The molecule has 0 aromatic heterocycles. The van der Waals surface area contributed by atoms with Crippen LogP contribution in [-0.2, 0) is 14.3 Å². The second-order valence-corrected chi connectivity index (χ2v) is 20.3. The number of hydrogen-bond acceptors (Lipinski definition) is 5. The van der Waals surface area contributed by atoms with Crippen molar-refractivity contribution in [3.05, 3.63) is 12.2 Å². The average Bonchev–Trinajstić information content (AvgIpc) is 3.31. The van der Waals surface area contributed by atoms with E-state index in [0.717, 1.165) is 64.2 Å². The molecule has 0 aliphatic heterocycles. The summed E-state index contributed by atoms with van der Waals surface area (Å²) in [4.78, 5) is 24.5. The molecule has 0 aromatic carbocycles. The fourth-order valence-electron chi connectivity index (χ4n) is 9.28. The molecule has 0 fully saturated rings. The van der Waals surface area contributed by atoms with Crippen LogP contribution >= 0.6 is 0 Å². The van der Waals surface area contributed by atoms with Crippen LogP contribution in [0.3, 0.4) is 0 Å². The highest BCUT2D eigenvalue weighted by atomic mass is 16.5. The van der Waals surface area contributed by atoms with Crippen LogP contribution in [0, 0.1) is 0 Å². The summed E-state index contributed by atoms with van der Waals surface area (Å²) >= 11 is 0. The molecule has 65 heavy (non-hydrogen) atoms. The maximum atomic E-state index is 12.5. The smallest absolute Gasteiger partial charge is 0.305 e. The summed E-state index contributed by atoms with van der Waals surface area (Å²) in [7, 11) is 0. The predicted molar refractivity (Wildman–Crippen MR) is 283 cm³/mol. The largest absolute Gasteiger partial charge is 0.466 e. The molecule has 0 heterocycles. The summed E-state index contributed by atoms with van der Waals surface area (Å²) in [6, 6.07) is -0.553. The van der Waals surface area contributed by atoms with Crippen LogP contribution in [0.15, 0.2) is 12.2 Å². The quantitative estimate of drug-likeness (QED) is 0.0321. The van der Waals surface area contributed by atoms with Gasteiger partial charge in [-0.05, 0) is 51.4 Å². The van der Waals surface area contributed by atoms with Crippen LogP contribution in [0.25, 0.3) is 0 Å². The highest BCUT2D eigenvalue weighted by molar-refractivity contribution is 5.76.